The molecule has 2 N–H and O–H groups in total. The second-order valence-electron chi connectivity index (χ2n) is 6.49. The summed E-state index contributed by atoms with van der Waals surface area (Å²) >= 11 is 0. The van der Waals surface area contributed by atoms with Crippen LogP contribution < -0.4 is 20.1 Å². The molecule has 1 aliphatic heterocycles. The Morgan fingerprint density at radius 3 is 2.76 bits per heavy atom. The first-order chi connectivity index (χ1) is 11.9. The van der Waals surface area contributed by atoms with Crippen LogP contribution in [0.25, 0.3) is 0 Å². The van der Waals surface area contributed by atoms with Gasteiger partial charge in [-0.1, -0.05) is 18.2 Å². The summed E-state index contributed by atoms with van der Waals surface area (Å²) in [5, 5.41) is 5.60. The van der Waals surface area contributed by atoms with Crippen LogP contribution in [-0.4, -0.2) is 25.0 Å². The van der Waals surface area contributed by atoms with E-state index in [4.69, 9.17) is 9.47 Å². The van der Waals surface area contributed by atoms with Gasteiger partial charge in [0.1, 0.15) is 18.1 Å². The molecule has 0 saturated heterocycles. The molecule has 0 unspecified atom stereocenters. The molecule has 1 aliphatic rings. The lowest BCUT2D eigenvalue weighted by molar-refractivity contribution is -0.125. The summed E-state index contributed by atoms with van der Waals surface area (Å²) in [7, 11) is 0. The highest BCUT2D eigenvalue weighted by Gasteiger charge is 2.32. The van der Waals surface area contributed by atoms with Crippen molar-refractivity contribution in [2.45, 2.75) is 13.8 Å². The zero-order valence-corrected chi connectivity index (χ0v) is 14.2. The van der Waals surface area contributed by atoms with Gasteiger partial charge in [-0.3, -0.25) is 9.59 Å². The maximum atomic E-state index is 12.1. The quantitative estimate of drug-likeness (QED) is 0.897. The average molecular weight is 340 g/mol. The number of para-hydroxylation sites is 1. The molecule has 6 heteroatoms. The van der Waals surface area contributed by atoms with Crippen molar-refractivity contribution < 1.29 is 19.1 Å². The number of hydrogen-bond donors (Lipinski definition) is 2. The van der Waals surface area contributed by atoms with E-state index in [0.29, 0.717) is 22.9 Å². The Labute approximate surface area is 146 Å². The van der Waals surface area contributed by atoms with Gasteiger partial charge in [0.15, 0.2) is 6.61 Å². The minimum Gasteiger partial charge on any atom is -0.490 e. The number of ether oxygens (including phenoxy) is 2. The lowest BCUT2D eigenvalue weighted by atomic mass is 9.94. The minimum atomic E-state index is -0.619. The monoisotopic (exact) mass is 340 g/mol. The number of hydrogen-bond acceptors (Lipinski definition) is 4. The van der Waals surface area contributed by atoms with Gasteiger partial charge in [-0.25, -0.2) is 0 Å². The molecule has 0 radical (unpaired) electrons. The van der Waals surface area contributed by atoms with Gasteiger partial charge in [-0.15, -0.1) is 0 Å². The van der Waals surface area contributed by atoms with E-state index in [1.807, 2.05) is 32.0 Å². The van der Waals surface area contributed by atoms with Crippen LogP contribution in [0.4, 0.5) is 11.4 Å². The highest BCUT2D eigenvalue weighted by atomic mass is 16.5. The van der Waals surface area contributed by atoms with Gasteiger partial charge in [-0.2, -0.15) is 0 Å². The van der Waals surface area contributed by atoms with E-state index in [1.54, 1.807) is 30.3 Å². The van der Waals surface area contributed by atoms with Crippen molar-refractivity contribution in [2.24, 2.45) is 5.41 Å². The van der Waals surface area contributed by atoms with E-state index in [0.717, 1.165) is 0 Å². The fourth-order valence-corrected chi connectivity index (χ4v) is 2.30. The highest BCUT2D eigenvalue weighted by Crippen LogP contribution is 2.34. The molecule has 25 heavy (non-hydrogen) atoms. The summed E-state index contributed by atoms with van der Waals surface area (Å²) in [5.74, 6) is 0.787. The van der Waals surface area contributed by atoms with Crippen molar-refractivity contribution in [1.82, 2.24) is 0 Å². The molecule has 130 valence electrons. The fraction of sp³-hybridized carbons (Fsp3) is 0.263. The normalized spacial score (nSPS) is 15.2. The topological polar surface area (TPSA) is 76.7 Å². The molecule has 0 spiro atoms. The van der Waals surface area contributed by atoms with Crippen LogP contribution in [0.2, 0.25) is 0 Å². The Morgan fingerprint density at radius 2 is 2.00 bits per heavy atom. The van der Waals surface area contributed by atoms with Gasteiger partial charge in [0, 0.05) is 11.8 Å². The van der Waals surface area contributed by atoms with Crippen LogP contribution in [0, 0.1) is 5.41 Å². The number of benzene rings is 2. The molecule has 2 aromatic carbocycles. The molecular weight excluding hydrogens is 320 g/mol. The van der Waals surface area contributed by atoms with E-state index in [2.05, 4.69) is 10.6 Å². The summed E-state index contributed by atoms with van der Waals surface area (Å²) < 4.78 is 11.1. The average Bonchev–Trinajstić information content (AvgIpc) is 2.71. The third kappa shape index (κ3) is 4.09. The molecule has 0 saturated carbocycles. The van der Waals surface area contributed by atoms with Crippen molar-refractivity contribution in [1.29, 1.82) is 0 Å². The molecular formula is C19H20N2O4. The van der Waals surface area contributed by atoms with E-state index in [9.17, 15) is 9.59 Å². The predicted molar refractivity (Wildman–Crippen MR) is 94.9 cm³/mol. The minimum absolute atomic E-state index is 0.0915. The summed E-state index contributed by atoms with van der Waals surface area (Å²) in [6, 6.07) is 14.2. The molecule has 2 aromatic rings. The van der Waals surface area contributed by atoms with Crippen molar-refractivity contribution in [3.05, 3.63) is 48.5 Å². The number of rotatable bonds is 4. The van der Waals surface area contributed by atoms with Gasteiger partial charge in [0.25, 0.3) is 5.91 Å². The Balaban J connectivity index is 1.64. The molecule has 6 nitrogen and oxygen atoms in total. The highest BCUT2D eigenvalue weighted by molar-refractivity contribution is 5.98. The van der Waals surface area contributed by atoms with E-state index in [1.165, 1.54) is 0 Å². The Bertz CT molecular complexity index is 787. The molecule has 2 amide bonds. The number of carbonyl (C=O) groups is 2. The second kappa shape index (κ2) is 6.84. The van der Waals surface area contributed by atoms with Crippen LogP contribution in [0.5, 0.6) is 11.5 Å². The SMILES string of the molecule is CC1(C)COc2cc(NC(=O)COc3ccccc3)ccc2NC1=O. The van der Waals surface area contributed by atoms with E-state index >= 15 is 0 Å². The van der Waals surface area contributed by atoms with Crippen molar-refractivity contribution in [2.75, 3.05) is 23.8 Å². The van der Waals surface area contributed by atoms with Crippen LogP contribution >= 0.6 is 0 Å². The van der Waals surface area contributed by atoms with Gasteiger partial charge in [0.2, 0.25) is 5.91 Å². The maximum absolute atomic E-state index is 12.1. The third-order valence-electron chi connectivity index (χ3n) is 3.83. The zero-order valence-electron chi connectivity index (χ0n) is 14.2. The molecule has 0 atom stereocenters. The smallest absolute Gasteiger partial charge is 0.262 e. The van der Waals surface area contributed by atoms with Crippen LogP contribution in [-0.2, 0) is 9.59 Å². The van der Waals surface area contributed by atoms with Gasteiger partial charge in [0.05, 0.1) is 11.1 Å². The van der Waals surface area contributed by atoms with Crippen molar-refractivity contribution in [3.63, 3.8) is 0 Å². The standard InChI is InChI=1S/C19H20N2O4/c1-19(2)12-25-16-10-13(8-9-15(16)21-18(19)23)20-17(22)11-24-14-6-4-3-5-7-14/h3-10H,11-12H2,1-2H3,(H,20,22)(H,21,23). The molecule has 0 fully saturated rings. The van der Waals surface area contributed by atoms with Crippen molar-refractivity contribution in [3.8, 4) is 11.5 Å². The van der Waals surface area contributed by atoms with E-state index in [-0.39, 0.29) is 25.0 Å². The van der Waals surface area contributed by atoms with Crippen LogP contribution in [0.3, 0.4) is 0 Å². The lowest BCUT2D eigenvalue weighted by Gasteiger charge is -2.18. The number of fused-ring (bicyclic) bond motifs is 1. The molecule has 0 bridgehead atoms. The Morgan fingerprint density at radius 1 is 1.24 bits per heavy atom. The second-order valence-corrected chi connectivity index (χ2v) is 6.49. The lowest BCUT2D eigenvalue weighted by Crippen LogP contribution is -2.33. The first-order valence-electron chi connectivity index (χ1n) is 8.00. The fourth-order valence-electron chi connectivity index (χ4n) is 2.30. The Kier molecular flexibility index (Phi) is 4.61. The number of carbonyl (C=O) groups excluding carboxylic acids is 2. The summed E-state index contributed by atoms with van der Waals surface area (Å²) in [4.78, 5) is 24.1. The zero-order chi connectivity index (χ0) is 17.9. The van der Waals surface area contributed by atoms with E-state index < -0.39 is 5.41 Å². The summed E-state index contributed by atoms with van der Waals surface area (Å²) in [5.41, 5.74) is 0.551. The van der Waals surface area contributed by atoms with Crippen LogP contribution in [0.1, 0.15) is 13.8 Å². The van der Waals surface area contributed by atoms with Crippen molar-refractivity contribution >= 4 is 23.2 Å². The van der Waals surface area contributed by atoms with Crippen LogP contribution in [0.15, 0.2) is 48.5 Å². The predicted octanol–water partition coefficient (Wildman–Crippen LogP) is 3.06. The first-order valence-corrected chi connectivity index (χ1v) is 8.00. The Hall–Kier alpha value is -3.02. The van der Waals surface area contributed by atoms with Gasteiger partial charge in [-0.05, 0) is 38.1 Å². The first kappa shape index (κ1) is 16.8. The molecule has 1 heterocycles. The summed E-state index contributed by atoms with van der Waals surface area (Å²) in [6.45, 7) is 3.81. The van der Waals surface area contributed by atoms with Gasteiger partial charge < -0.3 is 20.1 Å². The number of anilines is 2. The largest absolute Gasteiger partial charge is 0.490 e. The van der Waals surface area contributed by atoms with Gasteiger partial charge >= 0.3 is 0 Å². The molecule has 0 aliphatic carbocycles. The molecule has 0 aromatic heterocycles. The number of amides is 2. The molecule has 3 rings (SSSR count). The summed E-state index contributed by atoms with van der Waals surface area (Å²) in [6.07, 6.45) is 0. The maximum Gasteiger partial charge on any atom is 0.262 e. The number of nitrogens with one attached hydrogen (secondary N) is 2. The third-order valence-corrected chi connectivity index (χ3v) is 3.83.